The molecule has 0 saturated carbocycles. The third-order valence-corrected chi connectivity index (χ3v) is 7.39. The monoisotopic (exact) mass is 531 g/mol. The molecule has 1 aromatic heterocycles. The molecule has 1 amide bonds. The van der Waals surface area contributed by atoms with E-state index in [1.807, 2.05) is 68.4 Å². The van der Waals surface area contributed by atoms with Crippen LogP contribution in [0.2, 0.25) is 0 Å². The Balaban J connectivity index is 1.60. The molecule has 0 spiro atoms. The first-order valence-corrected chi connectivity index (χ1v) is 13.4. The zero-order valence-corrected chi connectivity index (χ0v) is 23.2. The largest absolute Gasteiger partial charge is 0.464 e. The number of methoxy groups -OCH3 is 1. The number of rotatable bonds is 10. The van der Waals surface area contributed by atoms with Gasteiger partial charge in [0.2, 0.25) is 0 Å². The topological polar surface area (TPSA) is 81.1 Å². The average molecular weight is 532 g/mol. The van der Waals surface area contributed by atoms with E-state index >= 15 is 0 Å². The Labute approximate surface area is 230 Å². The Morgan fingerprint density at radius 1 is 0.949 bits per heavy atom. The van der Waals surface area contributed by atoms with Crippen molar-refractivity contribution < 1.29 is 23.9 Å². The quantitative estimate of drug-likeness (QED) is 0.288. The maximum absolute atomic E-state index is 13.7. The van der Waals surface area contributed by atoms with Gasteiger partial charge >= 0.3 is 5.97 Å². The fraction of sp³-hybridized carbons (Fsp3) is 0.387. The summed E-state index contributed by atoms with van der Waals surface area (Å²) in [4.78, 5) is 43.8. The number of carbonyl (C=O) groups is 3. The number of nitrogens with zero attached hydrogens (tertiary/aromatic N) is 3. The Morgan fingerprint density at radius 3 is 2.21 bits per heavy atom. The van der Waals surface area contributed by atoms with Gasteiger partial charge in [-0.05, 0) is 49.6 Å². The summed E-state index contributed by atoms with van der Waals surface area (Å²) in [5.41, 5.74) is 4.75. The van der Waals surface area contributed by atoms with Crippen molar-refractivity contribution in [3.05, 3.63) is 82.7 Å². The predicted octanol–water partition coefficient (Wildman–Crippen LogP) is 4.24. The average Bonchev–Trinajstić information content (AvgIpc) is 3.24. The lowest BCUT2D eigenvalue weighted by Crippen LogP contribution is -2.44. The molecule has 206 valence electrons. The van der Waals surface area contributed by atoms with Crippen LogP contribution in [0, 0.1) is 13.8 Å². The van der Waals surface area contributed by atoms with Crippen molar-refractivity contribution in [1.82, 2.24) is 14.4 Å². The molecular weight excluding hydrogens is 494 g/mol. The molecule has 0 atom stereocenters. The molecule has 3 aromatic rings. The van der Waals surface area contributed by atoms with E-state index in [2.05, 4.69) is 4.90 Å². The standard InChI is InChI=1S/C31H37N3O5/c1-5-34-23(3)28(22(2)29(34)31(37)38-4)27(35)21-33(16-15-32-17-19-39-20-18-32)30(36)26-13-11-25(12-14-26)24-9-7-6-8-10-24/h6-14H,5,15-21H2,1-4H3. The van der Waals surface area contributed by atoms with Crippen LogP contribution >= 0.6 is 0 Å². The third-order valence-electron chi connectivity index (χ3n) is 7.39. The normalized spacial score (nSPS) is 13.7. The van der Waals surface area contributed by atoms with Gasteiger partial charge in [-0.2, -0.15) is 0 Å². The first-order chi connectivity index (χ1) is 18.8. The van der Waals surface area contributed by atoms with Gasteiger partial charge in [0.05, 0.1) is 26.9 Å². The van der Waals surface area contributed by atoms with Crippen LogP contribution in [0.25, 0.3) is 11.1 Å². The number of Topliss-reactive ketones (excluding diaryl/α,β-unsaturated/α-hetero) is 1. The number of esters is 1. The summed E-state index contributed by atoms with van der Waals surface area (Å²) in [5.74, 6) is -0.872. The van der Waals surface area contributed by atoms with Crippen molar-refractivity contribution in [2.75, 3.05) is 53.0 Å². The molecule has 8 heteroatoms. The minimum absolute atomic E-state index is 0.0837. The van der Waals surface area contributed by atoms with Crippen LogP contribution < -0.4 is 0 Å². The Kier molecular flexibility index (Phi) is 9.32. The van der Waals surface area contributed by atoms with E-state index < -0.39 is 5.97 Å². The van der Waals surface area contributed by atoms with Gasteiger partial charge < -0.3 is 18.9 Å². The first-order valence-electron chi connectivity index (χ1n) is 13.4. The number of amides is 1. The van der Waals surface area contributed by atoms with Crippen molar-refractivity contribution in [3.8, 4) is 11.1 Å². The molecule has 1 aliphatic heterocycles. The van der Waals surface area contributed by atoms with Gasteiger partial charge in [-0.1, -0.05) is 42.5 Å². The molecule has 4 rings (SSSR count). The molecule has 39 heavy (non-hydrogen) atoms. The molecule has 1 aliphatic rings. The number of ether oxygens (including phenoxy) is 2. The highest BCUT2D eigenvalue weighted by molar-refractivity contribution is 6.06. The summed E-state index contributed by atoms with van der Waals surface area (Å²) in [6.45, 7) is 9.91. The van der Waals surface area contributed by atoms with E-state index in [0.717, 1.165) is 24.2 Å². The molecule has 8 nitrogen and oxygen atoms in total. The number of hydrogen-bond acceptors (Lipinski definition) is 6. The zero-order valence-electron chi connectivity index (χ0n) is 23.2. The second-order valence-electron chi connectivity index (χ2n) is 9.72. The van der Waals surface area contributed by atoms with Crippen LogP contribution in [0.15, 0.2) is 54.6 Å². The molecular formula is C31H37N3O5. The predicted molar refractivity (Wildman–Crippen MR) is 150 cm³/mol. The van der Waals surface area contributed by atoms with E-state index in [-0.39, 0.29) is 18.2 Å². The van der Waals surface area contributed by atoms with E-state index in [4.69, 9.17) is 9.47 Å². The Morgan fingerprint density at radius 2 is 1.59 bits per heavy atom. The number of benzene rings is 2. The summed E-state index contributed by atoms with van der Waals surface area (Å²) in [7, 11) is 1.33. The molecule has 0 aliphatic carbocycles. The fourth-order valence-corrected chi connectivity index (χ4v) is 5.27. The molecule has 0 N–H and O–H groups in total. The van der Waals surface area contributed by atoms with Crippen LogP contribution in [0.1, 0.15) is 49.4 Å². The lowest BCUT2D eigenvalue weighted by molar-refractivity contribution is 0.0323. The molecule has 0 unspecified atom stereocenters. The van der Waals surface area contributed by atoms with Gasteiger partial charge in [0.25, 0.3) is 5.91 Å². The summed E-state index contributed by atoms with van der Waals surface area (Å²) in [5, 5.41) is 0. The lowest BCUT2D eigenvalue weighted by Gasteiger charge is -2.30. The highest BCUT2D eigenvalue weighted by Gasteiger charge is 2.29. The molecule has 1 saturated heterocycles. The van der Waals surface area contributed by atoms with Crippen molar-refractivity contribution in [2.24, 2.45) is 0 Å². The maximum Gasteiger partial charge on any atom is 0.354 e. The van der Waals surface area contributed by atoms with Crippen LogP contribution in [0.4, 0.5) is 0 Å². The smallest absolute Gasteiger partial charge is 0.354 e. The van der Waals surface area contributed by atoms with Crippen LogP contribution in [-0.4, -0.2) is 85.1 Å². The highest BCUT2D eigenvalue weighted by Crippen LogP contribution is 2.25. The van der Waals surface area contributed by atoms with E-state index in [1.165, 1.54) is 7.11 Å². The number of carbonyl (C=O) groups excluding carboxylic acids is 3. The fourth-order valence-electron chi connectivity index (χ4n) is 5.27. The van der Waals surface area contributed by atoms with Gasteiger partial charge in [-0.25, -0.2) is 4.79 Å². The second-order valence-corrected chi connectivity index (χ2v) is 9.72. The molecule has 0 radical (unpaired) electrons. The molecule has 1 fully saturated rings. The lowest BCUT2D eigenvalue weighted by atomic mass is 10.0. The van der Waals surface area contributed by atoms with E-state index in [9.17, 15) is 14.4 Å². The van der Waals surface area contributed by atoms with Gasteiger partial charge in [0.1, 0.15) is 5.69 Å². The SMILES string of the molecule is CCn1c(C)c(C(=O)CN(CCN2CCOCC2)C(=O)c2ccc(-c3ccccc3)cc2)c(C)c1C(=O)OC. The highest BCUT2D eigenvalue weighted by atomic mass is 16.5. The first kappa shape index (κ1) is 28.3. The second kappa shape index (κ2) is 12.9. The van der Waals surface area contributed by atoms with Crippen molar-refractivity contribution >= 4 is 17.7 Å². The molecule has 0 bridgehead atoms. The van der Waals surface area contributed by atoms with Crippen LogP contribution in [-0.2, 0) is 16.0 Å². The van der Waals surface area contributed by atoms with Crippen molar-refractivity contribution in [2.45, 2.75) is 27.3 Å². The van der Waals surface area contributed by atoms with Crippen LogP contribution in [0.3, 0.4) is 0 Å². The number of ketones is 1. The Hall–Kier alpha value is -3.75. The summed E-state index contributed by atoms with van der Waals surface area (Å²) >= 11 is 0. The van der Waals surface area contributed by atoms with Gasteiger partial charge in [0, 0.05) is 49.5 Å². The van der Waals surface area contributed by atoms with Gasteiger partial charge in [-0.15, -0.1) is 0 Å². The summed E-state index contributed by atoms with van der Waals surface area (Å²) in [6.07, 6.45) is 0. The third kappa shape index (κ3) is 6.29. The van der Waals surface area contributed by atoms with E-state index in [1.54, 1.807) is 16.4 Å². The number of morpholine rings is 1. The minimum Gasteiger partial charge on any atom is -0.464 e. The summed E-state index contributed by atoms with van der Waals surface area (Å²) in [6, 6.07) is 17.5. The van der Waals surface area contributed by atoms with Crippen LogP contribution in [0.5, 0.6) is 0 Å². The minimum atomic E-state index is -0.477. The maximum atomic E-state index is 13.7. The number of aromatic nitrogens is 1. The number of hydrogen-bond donors (Lipinski definition) is 0. The Bertz CT molecular complexity index is 1310. The molecule has 2 aromatic carbocycles. The van der Waals surface area contributed by atoms with Gasteiger partial charge in [0.15, 0.2) is 5.78 Å². The zero-order chi connectivity index (χ0) is 27.9. The van der Waals surface area contributed by atoms with E-state index in [0.29, 0.717) is 60.9 Å². The molecule has 2 heterocycles. The summed E-state index contributed by atoms with van der Waals surface area (Å²) < 4.78 is 12.2. The van der Waals surface area contributed by atoms with Gasteiger partial charge in [-0.3, -0.25) is 14.5 Å². The van der Waals surface area contributed by atoms with Crippen molar-refractivity contribution in [1.29, 1.82) is 0 Å². The van der Waals surface area contributed by atoms with Crippen molar-refractivity contribution in [3.63, 3.8) is 0 Å².